The van der Waals surface area contributed by atoms with Gasteiger partial charge in [-0.25, -0.2) is 0 Å². The molecule has 1 aromatic carbocycles. The van der Waals surface area contributed by atoms with Gasteiger partial charge in [0.25, 0.3) is 5.91 Å². The number of carbonyl (C=O) groups is 1. The maximum absolute atomic E-state index is 11.0. The van der Waals surface area contributed by atoms with Crippen molar-refractivity contribution in [1.29, 1.82) is 0 Å². The van der Waals surface area contributed by atoms with Crippen molar-refractivity contribution in [2.45, 2.75) is 0 Å². The minimum atomic E-state index is -0.496. The van der Waals surface area contributed by atoms with E-state index < -0.39 is 5.91 Å². The quantitative estimate of drug-likeness (QED) is 0.732. The predicted molar refractivity (Wildman–Crippen MR) is 51.2 cm³/mol. The molecule has 0 atom stereocenters. The summed E-state index contributed by atoms with van der Waals surface area (Å²) in [6.07, 6.45) is 1.67. The number of methoxy groups -OCH3 is 1. The summed E-state index contributed by atoms with van der Waals surface area (Å²) in [5.74, 6) is 0.170. The lowest BCUT2D eigenvalue weighted by molar-refractivity contribution is 0.100. The molecule has 0 spiro atoms. The molecule has 1 heterocycles. The van der Waals surface area contributed by atoms with Crippen LogP contribution < -0.4 is 10.5 Å². The van der Waals surface area contributed by atoms with E-state index in [2.05, 4.69) is 10.2 Å². The number of rotatable bonds is 2. The van der Waals surface area contributed by atoms with Crippen LogP contribution in [0.15, 0.2) is 18.3 Å². The molecular weight excluding hydrogens is 182 g/mol. The molecule has 2 rings (SSSR count). The summed E-state index contributed by atoms with van der Waals surface area (Å²) in [6, 6.07) is 3.29. The van der Waals surface area contributed by atoms with E-state index in [1.165, 1.54) is 0 Å². The molecule has 0 aliphatic rings. The number of nitrogens with zero attached hydrogens (tertiary/aromatic N) is 1. The van der Waals surface area contributed by atoms with Gasteiger partial charge in [0, 0.05) is 6.20 Å². The van der Waals surface area contributed by atoms with Gasteiger partial charge in [0.05, 0.1) is 18.1 Å². The van der Waals surface area contributed by atoms with Crippen LogP contribution in [0.1, 0.15) is 10.4 Å². The molecule has 72 valence electrons. The Balaban J connectivity index is 2.78. The zero-order valence-corrected chi connectivity index (χ0v) is 7.57. The van der Waals surface area contributed by atoms with Crippen LogP contribution in [0.25, 0.3) is 10.9 Å². The number of aromatic nitrogens is 2. The Morgan fingerprint density at radius 3 is 3.00 bits per heavy atom. The monoisotopic (exact) mass is 191 g/mol. The van der Waals surface area contributed by atoms with Crippen LogP contribution in [0, 0.1) is 0 Å². The standard InChI is InChI=1S/C9H9N3O2/c1-14-7-3-2-5(9(10)13)8-6(7)4-11-12-8/h2-4H,1H3,(H2,10,13)(H,11,12). The predicted octanol–water partition coefficient (Wildman–Crippen LogP) is 0.670. The molecule has 0 saturated heterocycles. The molecule has 1 amide bonds. The molecule has 0 aliphatic heterocycles. The SMILES string of the molecule is COc1ccc(C(N)=O)c2n[nH]cc12. The molecule has 14 heavy (non-hydrogen) atoms. The topological polar surface area (TPSA) is 81.0 Å². The van der Waals surface area contributed by atoms with Crippen molar-refractivity contribution in [2.75, 3.05) is 7.11 Å². The van der Waals surface area contributed by atoms with Crippen LogP contribution in [0.4, 0.5) is 0 Å². The van der Waals surface area contributed by atoms with Gasteiger partial charge in [0.2, 0.25) is 0 Å². The summed E-state index contributed by atoms with van der Waals surface area (Å²) >= 11 is 0. The summed E-state index contributed by atoms with van der Waals surface area (Å²) in [5.41, 5.74) is 6.13. The number of nitrogens with one attached hydrogen (secondary N) is 1. The van der Waals surface area contributed by atoms with Crippen molar-refractivity contribution in [3.8, 4) is 5.75 Å². The first-order chi connectivity index (χ1) is 6.74. The Bertz CT molecular complexity index is 490. The van der Waals surface area contributed by atoms with E-state index in [0.29, 0.717) is 16.8 Å². The minimum Gasteiger partial charge on any atom is -0.496 e. The highest BCUT2D eigenvalue weighted by atomic mass is 16.5. The lowest BCUT2D eigenvalue weighted by Crippen LogP contribution is -2.11. The lowest BCUT2D eigenvalue weighted by Gasteiger charge is -2.02. The van der Waals surface area contributed by atoms with Crippen molar-refractivity contribution in [3.63, 3.8) is 0 Å². The first-order valence-electron chi connectivity index (χ1n) is 4.04. The van der Waals surface area contributed by atoms with E-state index in [1.54, 1.807) is 25.4 Å². The van der Waals surface area contributed by atoms with Gasteiger partial charge >= 0.3 is 0 Å². The van der Waals surface area contributed by atoms with Crippen molar-refractivity contribution < 1.29 is 9.53 Å². The fourth-order valence-corrected chi connectivity index (χ4v) is 1.39. The first-order valence-corrected chi connectivity index (χ1v) is 4.04. The number of amides is 1. The maximum atomic E-state index is 11.0. The van der Waals surface area contributed by atoms with Crippen LogP contribution >= 0.6 is 0 Å². The highest BCUT2D eigenvalue weighted by molar-refractivity contribution is 6.06. The number of nitrogens with two attached hydrogens (primary N) is 1. The molecule has 0 bridgehead atoms. The number of H-pyrrole nitrogens is 1. The van der Waals surface area contributed by atoms with Crippen LogP contribution in [0.3, 0.4) is 0 Å². The minimum absolute atomic E-state index is 0.391. The highest BCUT2D eigenvalue weighted by Gasteiger charge is 2.11. The molecular formula is C9H9N3O2. The Morgan fingerprint density at radius 1 is 1.57 bits per heavy atom. The summed E-state index contributed by atoms with van der Waals surface area (Å²) in [4.78, 5) is 11.0. The number of ether oxygens (including phenoxy) is 1. The zero-order valence-electron chi connectivity index (χ0n) is 7.57. The smallest absolute Gasteiger partial charge is 0.250 e. The van der Waals surface area contributed by atoms with E-state index in [9.17, 15) is 4.79 Å². The average molecular weight is 191 g/mol. The molecule has 0 aliphatic carbocycles. The number of fused-ring (bicyclic) bond motifs is 1. The number of hydrogen-bond donors (Lipinski definition) is 2. The maximum Gasteiger partial charge on any atom is 0.250 e. The molecule has 0 unspecified atom stereocenters. The van der Waals surface area contributed by atoms with Gasteiger partial charge in [0.1, 0.15) is 11.3 Å². The molecule has 0 radical (unpaired) electrons. The van der Waals surface area contributed by atoms with E-state index in [4.69, 9.17) is 10.5 Å². The van der Waals surface area contributed by atoms with Crippen molar-refractivity contribution in [3.05, 3.63) is 23.9 Å². The second kappa shape index (κ2) is 3.02. The Kier molecular flexibility index (Phi) is 1.85. The Morgan fingerprint density at radius 2 is 2.36 bits per heavy atom. The van der Waals surface area contributed by atoms with Crippen LogP contribution in [0.5, 0.6) is 5.75 Å². The Hall–Kier alpha value is -2.04. The average Bonchev–Trinajstić information content (AvgIpc) is 2.64. The van der Waals surface area contributed by atoms with Crippen LogP contribution in [-0.4, -0.2) is 23.2 Å². The summed E-state index contributed by atoms with van der Waals surface area (Å²) < 4.78 is 5.11. The van der Waals surface area contributed by atoms with Crippen molar-refractivity contribution in [1.82, 2.24) is 10.2 Å². The van der Waals surface area contributed by atoms with Gasteiger partial charge in [-0.2, -0.15) is 5.10 Å². The fraction of sp³-hybridized carbons (Fsp3) is 0.111. The number of benzene rings is 1. The van der Waals surface area contributed by atoms with E-state index in [1.807, 2.05) is 0 Å². The van der Waals surface area contributed by atoms with Crippen LogP contribution in [-0.2, 0) is 0 Å². The number of aromatic amines is 1. The van der Waals surface area contributed by atoms with Gasteiger partial charge in [-0.3, -0.25) is 9.89 Å². The molecule has 0 saturated carbocycles. The summed E-state index contributed by atoms with van der Waals surface area (Å²) in [7, 11) is 1.56. The third kappa shape index (κ3) is 1.10. The van der Waals surface area contributed by atoms with E-state index in [0.717, 1.165) is 5.39 Å². The van der Waals surface area contributed by atoms with Gasteiger partial charge in [-0.05, 0) is 12.1 Å². The van der Waals surface area contributed by atoms with E-state index in [-0.39, 0.29) is 0 Å². The normalized spacial score (nSPS) is 10.4. The number of primary amides is 1. The van der Waals surface area contributed by atoms with Crippen molar-refractivity contribution >= 4 is 16.8 Å². The van der Waals surface area contributed by atoms with Gasteiger partial charge in [-0.1, -0.05) is 0 Å². The zero-order chi connectivity index (χ0) is 10.1. The van der Waals surface area contributed by atoms with Gasteiger partial charge < -0.3 is 10.5 Å². The van der Waals surface area contributed by atoms with E-state index >= 15 is 0 Å². The fourth-order valence-electron chi connectivity index (χ4n) is 1.39. The first kappa shape index (κ1) is 8.55. The lowest BCUT2D eigenvalue weighted by atomic mass is 10.1. The van der Waals surface area contributed by atoms with Crippen molar-refractivity contribution in [2.24, 2.45) is 5.73 Å². The third-order valence-corrected chi connectivity index (χ3v) is 2.05. The Labute approximate surface area is 79.9 Å². The summed E-state index contributed by atoms with van der Waals surface area (Å²) in [6.45, 7) is 0. The molecule has 3 N–H and O–H groups in total. The summed E-state index contributed by atoms with van der Waals surface area (Å²) in [5, 5.41) is 7.37. The largest absolute Gasteiger partial charge is 0.496 e. The molecule has 0 fully saturated rings. The van der Waals surface area contributed by atoms with Gasteiger partial charge in [-0.15, -0.1) is 0 Å². The second-order valence-corrected chi connectivity index (χ2v) is 2.83. The second-order valence-electron chi connectivity index (χ2n) is 2.83. The highest BCUT2D eigenvalue weighted by Crippen LogP contribution is 2.26. The molecule has 5 nitrogen and oxygen atoms in total. The number of carbonyl (C=O) groups excluding carboxylic acids is 1. The molecule has 1 aromatic heterocycles. The molecule has 2 aromatic rings. The van der Waals surface area contributed by atoms with Crippen LogP contribution in [0.2, 0.25) is 0 Å². The van der Waals surface area contributed by atoms with Gasteiger partial charge in [0.15, 0.2) is 0 Å². The number of hydrogen-bond acceptors (Lipinski definition) is 3. The molecule has 5 heteroatoms. The third-order valence-electron chi connectivity index (χ3n) is 2.05.